The SMILES string of the molecule is CC#Cc1cncc(OC[C@@H]2CCN2)c1. The van der Waals surface area contributed by atoms with Crippen LogP contribution in [0.3, 0.4) is 0 Å². The van der Waals surface area contributed by atoms with E-state index in [1.807, 2.05) is 13.0 Å². The van der Waals surface area contributed by atoms with E-state index in [1.54, 1.807) is 12.4 Å². The molecule has 0 aliphatic carbocycles. The molecule has 0 radical (unpaired) electrons. The lowest BCUT2D eigenvalue weighted by molar-refractivity contribution is 0.217. The van der Waals surface area contributed by atoms with Crippen LogP contribution in [0, 0.1) is 11.8 Å². The normalized spacial score (nSPS) is 18.6. The Morgan fingerprint density at radius 2 is 2.47 bits per heavy atom. The molecule has 0 spiro atoms. The molecule has 1 aromatic rings. The van der Waals surface area contributed by atoms with Crippen molar-refractivity contribution in [2.24, 2.45) is 0 Å². The van der Waals surface area contributed by atoms with Gasteiger partial charge in [-0.3, -0.25) is 4.98 Å². The lowest BCUT2D eigenvalue weighted by Crippen LogP contribution is -2.46. The van der Waals surface area contributed by atoms with Gasteiger partial charge in [-0.25, -0.2) is 0 Å². The Labute approximate surface area is 89.9 Å². The molecule has 15 heavy (non-hydrogen) atoms. The molecule has 1 aliphatic rings. The van der Waals surface area contributed by atoms with Crippen LogP contribution in [0.5, 0.6) is 5.75 Å². The Morgan fingerprint density at radius 1 is 1.60 bits per heavy atom. The molecule has 1 N–H and O–H groups in total. The van der Waals surface area contributed by atoms with E-state index in [-0.39, 0.29) is 0 Å². The zero-order valence-electron chi connectivity index (χ0n) is 8.79. The van der Waals surface area contributed by atoms with E-state index in [4.69, 9.17) is 4.74 Å². The van der Waals surface area contributed by atoms with Crippen molar-refractivity contribution in [3.05, 3.63) is 24.0 Å². The maximum Gasteiger partial charge on any atom is 0.138 e. The lowest BCUT2D eigenvalue weighted by atomic mass is 10.1. The predicted molar refractivity (Wildman–Crippen MR) is 58.7 cm³/mol. The minimum Gasteiger partial charge on any atom is -0.490 e. The van der Waals surface area contributed by atoms with Crippen LogP contribution in [-0.4, -0.2) is 24.2 Å². The summed E-state index contributed by atoms with van der Waals surface area (Å²) in [5.41, 5.74) is 0.900. The number of rotatable bonds is 3. The molecule has 0 bridgehead atoms. The maximum atomic E-state index is 5.60. The highest BCUT2D eigenvalue weighted by Gasteiger charge is 2.16. The molecule has 1 fully saturated rings. The van der Waals surface area contributed by atoms with Crippen LogP contribution in [0.4, 0.5) is 0 Å². The van der Waals surface area contributed by atoms with E-state index >= 15 is 0 Å². The Kier molecular flexibility index (Phi) is 3.21. The molecule has 2 heterocycles. The summed E-state index contributed by atoms with van der Waals surface area (Å²) in [6.45, 7) is 3.63. The van der Waals surface area contributed by atoms with Gasteiger partial charge in [-0.2, -0.15) is 0 Å². The molecular formula is C12H14N2O. The average molecular weight is 202 g/mol. The third-order valence-corrected chi connectivity index (χ3v) is 2.36. The second kappa shape index (κ2) is 4.81. The molecule has 1 aliphatic heterocycles. The van der Waals surface area contributed by atoms with E-state index in [1.165, 1.54) is 6.42 Å². The van der Waals surface area contributed by atoms with Crippen molar-refractivity contribution in [1.82, 2.24) is 10.3 Å². The molecule has 78 valence electrons. The van der Waals surface area contributed by atoms with Gasteiger partial charge in [0.1, 0.15) is 12.4 Å². The quantitative estimate of drug-likeness (QED) is 0.748. The second-order valence-corrected chi connectivity index (χ2v) is 3.54. The largest absolute Gasteiger partial charge is 0.490 e. The zero-order chi connectivity index (χ0) is 10.5. The molecule has 1 aromatic heterocycles. The Bertz CT molecular complexity index is 388. The summed E-state index contributed by atoms with van der Waals surface area (Å²) in [6, 6.07) is 2.42. The van der Waals surface area contributed by atoms with Gasteiger partial charge in [-0.1, -0.05) is 5.92 Å². The van der Waals surface area contributed by atoms with Crippen LogP contribution < -0.4 is 10.1 Å². The van der Waals surface area contributed by atoms with Gasteiger partial charge in [0.05, 0.1) is 6.20 Å². The number of aromatic nitrogens is 1. The van der Waals surface area contributed by atoms with Crippen LogP contribution in [0.1, 0.15) is 18.9 Å². The van der Waals surface area contributed by atoms with E-state index in [0.29, 0.717) is 12.6 Å². The molecule has 1 saturated heterocycles. The fourth-order valence-corrected chi connectivity index (χ4v) is 1.40. The first-order valence-corrected chi connectivity index (χ1v) is 5.12. The molecule has 1 atom stereocenters. The van der Waals surface area contributed by atoms with Crippen molar-refractivity contribution < 1.29 is 4.74 Å². The van der Waals surface area contributed by atoms with Crippen molar-refractivity contribution >= 4 is 0 Å². The fraction of sp³-hybridized carbons (Fsp3) is 0.417. The number of ether oxygens (including phenoxy) is 1. The molecule has 0 amide bonds. The summed E-state index contributed by atoms with van der Waals surface area (Å²) < 4.78 is 5.60. The summed E-state index contributed by atoms with van der Waals surface area (Å²) in [5, 5.41) is 3.28. The summed E-state index contributed by atoms with van der Waals surface area (Å²) in [4.78, 5) is 4.08. The number of hydrogen-bond acceptors (Lipinski definition) is 3. The average Bonchev–Trinajstić information content (AvgIpc) is 2.16. The van der Waals surface area contributed by atoms with Crippen LogP contribution >= 0.6 is 0 Å². The highest BCUT2D eigenvalue weighted by Crippen LogP contribution is 2.12. The van der Waals surface area contributed by atoms with Gasteiger partial charge >= 0.3 is 0 Å². The molecule has 0 saturated carbocycles. The fourth-order valence-electron chi connectivity index (χ4n) is 1.40. The topological polar surface area (TPSA) is 34.1 Å². The monoisotopic (exact) mass is 202 g/mol. The first kappa shape index (κ1) is 10.0. The molecule has 2 rings (SSSR count). The smallest absolute Gasteiger partial charge is 0.138 e. The van der Waals surface area contributed by atoms with Crippen LogP contribution in [0.25, 0.3) is 0 Å². The summed E-state index contributed by atoms with van der Waals surface area (Å²) >= 11 is 0. The van der Waals surface area contributed by atoms with Crippen LogP contribution in [-0.2, 0) is 0 Å². The van der Waals surface area contributed by atoms with Crippen molar-refractivity contribution in [2.45, 2.75) is 19.4 Å². The third-order valence-electron chi connectivity index (χ3n) is 2.36. The lowest BCUT2D eigenvalue weighted by Gasteiger charge is -2.27. The summed E-state index contributed by atoms with van der Waals surface area (Å²) in [7, 11) is 0. The van der Waals surface area contributed by atoms with Gasteiger partial charge in [0, 0.05) is 17.8 Å². The van der Waals surface area contributed by atoms with Gasteiger partial charge in [0.15, 0.2) is 0 Å². The van der Waals surface area contributed by atoms with Gasteiger partial charge in [-0.05, 0) is 26.0 Å². The molecule has 0 aromatic carbocycles. The Hall–Kier alpha value is -1.53. The first-order valence-electron chi connectivity index (χ1n) is 5.12. The van der Waals surface area contributed by atoms with Gasteiger partial charge in [0.2, 0.25) is 0 Å². The van der Waals surface area contributed by atoms with Crippen molar-refractivity contribution in [2.75, 3.05) is 13.2 Å². The Balaban J connectivity index is 1.93. The van der Waals surface area contributed by atoms with Gasteiger partial charge < -0.3 is 10.1 Å². The second-order valence-electron chi connectivity index (χ2n) is 3.54. The van der Waals surface area contributed by atoms with Crippen molar-refractivity contribution in [3.8, 4) is 17.6 Å². The van der Waals surface area contributed by atoms with Gasteiger partial charge in [-0.15, -0.1) is 5.92 Å². The standard InChI is InChI=1S/C12H14N2O/c1-2-3-10-6-12(8-13-7-10)15-9-11-4-5-14-11/h6-8,11,14H,4-5,9H2,1H3/t11-/m0/s1. The molecular weight excluding hydrogens is 188 g/mol. The van der Waals surface area contributed by atoms with Crippen LogP contribution in [0.2, 0.25) is 0 Å². The van der Waals surface area contributed by atoms with Gasteiger partial charge in [0.25, 0.3) is 0 Å². The first-order chi connectivity index (χ1) is 7.38. The third kappa shape index (κ3) is 2.71. The minimum absolute atomic E-state index is 0.505. The van der Waals surface area contributed by atoms with E-state index in [9.17, 15) is 0 Å². The molecule has 3 nitrogen and oxygen atoms in total. The highest BCUT2D eigenvalue weighted by atomic mass is 16.5. The molecule has 0 unspecified atom stereocenters. The van der Waals surface area contributed by atoms with E-state index in [0.717, 1.165) is 17.9 Å². The van der Waals surface area contributed by atoms with Crippen molar-refractivity contribution in [1.29, 1.82) is 0 Å². The highest BCUT2D eigenvalue weighted by molar-refractivity contribution is 5.36. The van der Waals surface area contributed by atoms with Crippen LogP contribution in [0.15, 0.2) is 18.5 Å². The van der Waals surface area contributed by atoms with Crippen molar-refractivity contribution in [3.63, 3.8) is 0 Å². The maximum absolute atomic E-state index is 5.60. The Morgan fingerprint density at radius 3 is 3.13 bits per heavy atom. The van der Waals surface area contributed by atoms with E-state index < -0.39 is 0 Å². The minimum atomic E-state index is 0.505. The number of pyridine rings is 1. The summed E-state index contributed by atoms with van der Waals surface area (Å²) in [5.74, 6) is 6.59. The zero-order valence-corrected chi connectivity index (χ0v) is 8.79. The molecule has 3 heteroatoms. The number of hydrogen-bond donors (Lipinski definition) is 1. The number of nitrogens with zero attached hydrogens (tertiary/aromatic N) is 1. The number of nitrogens with one attached hydrogen (secondary N) is 1. The predicted octanol–water partition coefficient (Wildman–Crippen LogP) is 1.19. The summed E-state index contributed by atoms with van der Waals surface area (Å²) in [6.07, 6.45) is 4.66. The van der Waals surface area contributed by atoms with E-state index in [2.05, 4.69) is 22.1 Å².